The van der Waals surface area contributed by atoms with Crippen LogP contribution in [0.3, 0.4) is 0 Å². The number of benzene rings is 1. The molecule has 0 amide bonds. The predicted molar refractivity (Wildman–Crippen MR) is 59.7 cm³/mol. The summed E-state index contributed by atoms with van der Waals surface area (Å²) in [4.78, 5) is 9.68. The highest BCUT2D eigenvalue weighted by Crippen LogP contribution is 2.17. The smallest absolute Gasteiger partial charge is 0.272 e. The maximum Gasteiger partial charge on any atom is 0.272 e. The lowest BCUT2D eigenvalue weighted by Crippen LogP contribution is -1.91. The van der Waals surface area contributed by atoms with Gasteiger partial charge in [-0.2, -0.15) is 0 Å². The highest BCUT2D eigenvalue weighted by molar-refractivity contribution is 5.38. The van der Waals surface area contributed by atoms with Gasteiger partial charge in [-0.05, 0) is 25.0 Å². The fourth-order valence-electron chi connectivity index (χ4n) is 0.824. The molecule has 0 atom stereocenters. The van der Waals surface area contributed by atoms with Crippen LogP contribution in [0.15, 0.2) is 18.2 Å². The molecule has 1 aromatic carbocycles. The molecule has 4 nitrogen and oxygen atoms in total. The molecular formula is C11H16FNO3. The van der Waals surface area contributed by atoms with E-state index in [1.807, 2.05) is 13.8 Å². The SMILES string of the molecule is CC(C)CO.Cc1cc(F)ccc1[N+](=O)[O-]. The molecule has 1 N–H and O–H groups in total. The number of nitro groups is 1. The third-order valence-corrected chi connectivity index (χ3v) is 1.72. The molecule has 0 heterocycles. The van der Waals surface area contributed by atoms with E-state index in [1.54, 1.807) is 0 Å². The summed E-state index contributed by atoms with van der Waals surface area (Å²) in [6.07, 6.45) is 0. The molecule has 5 heteroatoms. The van der Waals surface area contributed by atoms with Crippen LogP contribution in [0.5, 0.6) is 0 Å². The van der Waals surface area contributed by atoms with E-state index >= 15 is 0 Å². The van der Waals surface area contributed by atoms with Crippen LogP contribution in [0.1, 0.15) is 19.4 Å². The zero-order valence-corrected chi connectivity index (χ0v) is 9.61. The van der Waals surface area contributed by atoms with Gasteiger partial charge < -0.3 is 5.11 Å². The van der Waals surface area contributed by atoms with Crippen LogP contribution in [0.2, 0.25) is 0 Å². The van der Waals surface area contributed by atoms with Gasteiger partial charge in [-0.15, -0.1) is 0 Å². The number of aliphatic hydroxyl groups excluding tert-OH is 1. The molecule has 0 aliphatic carbocycles. The second-order valence-corrected chi connectivity index (χ2v) is 3.76. The molecule has 1 rings (SSSR count). The molecule has 0 aliphatic rings. The van der Waals surface area contributed by atoms with Gasteiger partial charge in [-0.1, -0.05) is 13.8 Å². The molecule has 0 aliphatic heterocycles. The number of hydrogen-bond acceptors (Lipinski definition) is 3. The minimum atomic E-state index is -0.533. The average Bonchev–Trinajstić information content (AvgIpc) is 2.17. The average molecular weight is 229 g/mol. The molecule has 0 aromatic heterocycles. The van der Waals surface area contributed by atoms with Crippen molar-refractivity contribution in [2.24, 2.45) is 5.92 Å². The van der Waals surface area contributed by atoms with Crippen LogP contribution < -0.4 is 0 Å². The lowest BCUT2D eigenvalue weighted by Gasteiger charge is -1.94. The van der Waals surface area contributed by atoms with E-state index in [0.717, 1.165) is 18.2 Å². The van der Waals surface area contributed by atoms with Gasteiger partial charge in [0.2, 0.25) is 0 Å². The number of aliphatic hydroxyl groups is 1. The summed E-state index contributed by atoms with van der Waals surface area (Å²) < 4.78 is 12.4. The van der Waals surface area contributed by atoms with Crippen molar-refractivity contribution in [3.8, 4) is 0 Å². The van der Waals surface area contributed by atoms with Gasteiger partial charge in [-0.3, -0.25) is 10.1 Å². The summed E-state index contributed by atoms with van der Waals surface area (Å²) in [6, 6.07) is 3.37. The van der Waals surface area contributed by atoms with Gasteiger partial charge in [0.15, 0.2) is 0 Å². The molecule has 90 valence electrons. The van der Waals surface area contributed by atoms with E-state index < -0.39 is 10.7 Å². The van der Waals surface area contributed by atoms with Gasteiger partial charge in [0.1, 0.15) is 5.82 Å². The molecule has 16 heavy (non-hydrogen) atoms. The fraction of sp³-hybridized carbons (Fsp3) is 0.455. The Balaban J connectivity index is 0.000000385. The van der Waals surface area contributed by atoms with E-state index in [1.165, 1.54) is 6.92 Å². The van der Waals surface area contributed by atoms with Crippen molar-refractivity contribution >= 4 is 5.69 Å². The first-order valence-electron chi connectivity index (χ1n) is 4.89. The molecule has 0 spiro atoms. The monoisotopic (exact) mass is 229 g/mol. The van der Waals surface area contributed by atoms with E-state index in [-0.39, 0.29) is 5.69 Å². The van der Waals surface area contributed by atoms with Crippen LogP contribution in [0.4, 0.5) is 10.1 Å². The van der Waals surface area contributed by atoms with Crippen molar-refractivity contribution in [1.82, 2.24) is 0 Å². The van der Waals surface area contributed by atoms with Gasteiger partial charge in [-0.25, -0.2) is 4.39 Å². The third kappa shape index (κ3) is 5.41. The van der Waals surface area contributed by atoms with E-state index in [2.05, 4.69) is 0 Å². The van der Waals surface area contributed by atoms with Crippen molar-refractivity contribution in [1.29, 1.82) is 0 Å². The first-order valence-corrected chi connectivity index (χ1v) is 4.89. The van der Waals surface area contributed by atoms with E-state index in [9.17, 15) is 14.5 Å². The second-order valence-electron chi connectivity index (χ2n) is 3.76. The third-order valence-electron chi connectivity index (χ3n) is 1.72. The molecule has 0 radical (unpaired) electrons. The summed E-state index contributed by atoms with van der Waals surface area (Å²) in [6.45, 7) is 5.75. The quantitative estimate of drug-likeness (QED) is 0.626. The summed E-state index contributed by atoms with van der Waals surface area (Å²) in [5.74, 6) is -0.0110. The highest BCUT2D eigenvalue weighted by Gasteiger charge is 2.09. The topological polar surface area (TPSA) is 63.4 Å². The Labute approximate surface area is 93.9 Å². The lowest BCUT2D eigenvalue weighted by molar-refractivity contribution is -0.385. The van der Waals surface area contributed by atoms with Gasteiger partial charge in [0, 0.05) is 18.2 Å². The number of halogens is 1. The maximum atomic E-state index is 12.4. The predicted octanol–water partition coefficient (Wildman–Crippen LogP) is 2.68. The van der Waals surface area contributed by atoms with Crippen molar-refractivity contribution < 1.29 is 14.4 Å². The lowest BCUT2D eigenvalue weighted by atomic mass is 10.2. The van der Waals surface area contributed by atoms with Crippen molar-refractivity contribution in [3.05, 3.63) is 39.7 Å². The zero-order chi connectivity index (χ0) is 12.7. The first kappa shape index (κ1) is 14.5. The first-order chi connectivity index (χ1) is 7.38. The van der Waals surface area contributed by atoms with Crippen LogP contribution in [0, 0.1) is 28.8 Å². The van der Waals surface area contributed by atoms with Crippen LogP contribution >= 0.6 is 0 Å². The van der Waals surface area contributed by atoms with Gasteiger partial charge in [0.05, 0.1) is 4.92 Å². The molecule has 1 aromatic rings. The fourth-order valence-corrected chi connectivity index (χ4v) is 0.824. The van der Waals surface area contributed by atoms with Crippen molar-refractivity contribution in [2.75, 3.05) is 6.61 Å². The normalized spacial score (nSPS) is 9.62. The molecule has 0 bridgehead atoms. The zero-order valence-electron chi connectivity index (χ0n) is 9.61. The van der Waals surface area contributed by atoms with Gasteiger partial charge >= 0.3 is 0 Å². The minimum absolute atomic E-state index is 0.0496. The summed E-state index contributed by atoms with van der Waals surface area (Å²) in [5, 5.41) is 18.4. The van der Waals surface area contributed by atoms with Crippen LogP contribution in [-0.2, 0) is 0 Å². The Bertz CT molecular complexity index is 353. The summed E-state index contributed by atoms with van der Waals surface area (Å²) in [7, 11) is 0. The van der Waals surface area contributed by atoms with E-state index in [0.29, 0.717) is 18.1 Å². The summed E-state index contributed by atoms with van der Waals surface area (Å²) >= 11 is 0. The van der Waals surface area contributed by atoms with Crippen molar-refractivity contribution in [3.63, 3.8) is 0 Å². The number of rotatable bonds is 2. The number of aryl methyl sites for hydroxylation is 1. The molecule has 0 saturated carbocycles. The number of hydrogen-bond donors (Lipinski definition) is 1. The van der Waals surface area contributed by atoms with Crippen LogP contribution in [0.25, 0.3) is 0 Å². The number of nitro benzene ring substituents is 1. The van der Waals surface area contributed by atoms with E-state index in [4.69, 9.17) is 5.11 Å². The Morgan fingerprint density at radius 1 is 1.50 bits per heavy atom. The molecule has 0 unspecified atom stereocenters. The highest BCUT2D eigenvalue weighted by atomic mass is 19.1. The standard InChI is InChI=1S/C7H6FNO2.C4H10O/c1-5-4-6(8)2-3-7(5)9(10)11;1-4(2)3-5/h2-4H,1H3;4-5H,3H2,1-2H3. The van der Waals surface area contributed by atoms with Crippen molar-refractivity contribution in [2.45, 2.75) is 20.8 Å². The minimum Gasteiger partial charge on any atom is -0.396 e. The maximum absolute atomic E-state index is 12.4. The Morgan fingerprint density at radius 2 is 2.00 bits per heavy atom. The molecular weight excluding hydrogens is 213 g/mol. The van der Waals surface area contributed by atoms with Crippen LogP contribution in [-0.4, -0.2) is 16.6 Å². The Morgan fingerprint density at radius 3 is 2.31 bits per heavy atom. The Hall–Kier alpha value is -1.49. The largest absolute Gasteiger partial charge is 0.396 e. The number of nitrogens with zero attached hydrogens (tertiary/aromatic N) is 1. The van der Waals surface area contributed by atoms with Gasteiger partial charge in [0.25, 0.3) is 5.69 Å². The Kier molecular flexibility index (Phi) is 6.25. The molecule has 0 fully saturated rings. The second kappa shape index (κ2) is 6.90. The molecule has 0 saturated heterocycles. The summed E-state index contributed by atoms with van der Waals surface area (Å²) in [5.41, 5.74) is 0.293.